The average molecular weight is 390 g/mol. The van der Waals surface area contributed by atoms with Gasteiger partial charge in [0.1, 0.15) is 0 Å². The highest BCUT2D eigenvalue weighted by atomic mass is 16.5. The zero-order valence-electron chi connectivity index (χ0n) is 16.9. The first kappa shape index (κ1) is 19.4. The topological polar surface area (TPSA) is 97.6 Å². The molecule has 1 unspecified atom stereocenters. The van der Waals surface area contributed by atoms with Crippen molar-refractivity contribution in [1.29, 1.82) is 0 Å². The van der Waals surface area contributed by atoms with Crippen molar-refractivity contribution in [2.24, 2.45) is 17.8 Å². The molecule has 2 aliphatic heterocycles. The van der Waals surface area contributed by atoms with E-state index >= 15 is 0 Å². The Balaban J connectivity index is 1.51. The van der Waals surface area contributed by atoms with Crippen molar-refractivity contribution in [2.75, 3.05) is 26.3 Å². The molecule has 3 aliphatic rings. The number of nitrogens with one attached hydrogen (secondary N) is 1. The number of aromatic nitrogens is 2. The number of hydrogen-bond acceptors (Lipinski definition) is 6. The molecule has 0 spiro atoms. The predicted octanol–water partition coefficient (Wildman–Crippen LogP) is 1.44. The fourth-order valence-electron chi connectivity index (χ4n) is 5.12. The molecule has 2 saturated heterocycles. The van der Waals surface area contributed by atoms with Crippen LogP contribution in [0.2, 0.25) is 0 Å². The van der Waals surface area contributed by atoms with E-state index in [4.69, 9.17) is 9.26 Å². The van der Waals surface area contributed by atoms with E-state index in [1.54, 1.807) is 0 Å². The molecule has 1 saturated carbocycles. The van der Waals surface area contributed by atoms with Gasteiger partial charge in [0.15, 0.2) is 5.82 Å². The second-order valence-corrected chi connectivity index (χ2v) is 8.91. The van der Waals surface area contributed by atoms with Crippen molar-refractivity contribution in [3.05, 3.63) is 11.7 Å². The molecule has 8 heteroatoms. The molecule has 154 valence electrons. The zero-order chi connectivity index (χ0) is 19.9. The van der Waals surface area contributed by atoms with Crippen LogP contribution in [0, 0.1) is 24.7 Å². The number of amides is 2. The predicted molar refractivity (Wildman–Crippen MR) is 100 cm³/mol. The largest absolute Gasteiger partial charge is 0.381 e. The Morgan fingerprint density at radius 1 is 1.29 bits per heavy atom. The van der Waals surface area contributed by atoms with Crippen LogP contribution in [0.25, 0.3) is 0 Å². The fraction of sp³-hybridized carbons (Fsp3) is 0.800. The van der Waals surface area contributed by atoms with Crippen LogP contribution in [-0.4, -0.2) is 59.2 Å². The first-order chi connectivity index (χ1) is 13.4. The van der Waals surface area contributed by atoms with Crippen LogP contribution in [-0.2, 0) is 19.7 Å². The Bertz CT molecular complexity index is 742. The van der Waals surface area contributed by atoms with Gasteiger partial charge in [-0.15, -0.1) is 0 Å². The summed E-state index contributed by atoms with van der Waals surface area (Å²) < 4.78 is 10.9. The summed E-state index contributed by atoms with van der Waals surface area (Å²) in [5.41, 5.74) is -0.362. The fourth-order valence-corrected chi connectivity index (χ4v) is 5.12. The van der Waals surface area contributed by atoms with E-state index in [1.165, 1.54) is 0 Å². The molecule has 3 fully saturated rings. The van der Waals surface area contributed by atoms with E-state index in [0.717, 1.165) is 25.7 Å². The second-order valence-electron chi connectivity index (χ2n) is 8.91. The van der Waals surface area contributed by atoms with Crippen LogP contribution in [0.4, 0.5) is 0 Å². The lowest BCUT2D eigenvalue weighted by atomic mass is 9.80. The van der Waals surface area contributed by atoms with Gasteiger partial charge in [-0.25, -0.2) is 0 Å². The summed E-state index contributed by atoms with van der Waals surface area (Å²) in [6, 6.07) is 0.0730. The van der Waals surface area contributed by atoms with Crippen molar-refractivity contribution in [1.82, 2.24) is 20.4 Å². The summed E-state index contributed by atoms with van der Waals surface area (Å²) in [5, 5.41) is 7.25. The van der Waals surface area contributed by atoms with Gasteiger partial charge in [-0.1, -0.05) is 19.0 Å². The number of carbonyl (C=O) groups excluding carboxylic acids is 2. The Morgan fingerprint density at radius 2 is 2.04 bits per heavy atom. The summed E-state index contributed by atoms with van der Waals surface area (Å²) in [6.07, 6.45) is 3.13. The molecule has 1 aromatic rings. The van der Waals surface area contributed by atoms with E-state index < -0.39 is 0 Å². The second kappa shape index (κ2) is 7.46. The van der Waals surface area contributed by atoms with Crippen molar-refractivity contribution in [3.63, 3.8) is 0 Å². The number of nitrogens with zero attached hydrogens (tertiary/aromatic N) is 3. The van der Waals surface area contributed by atoms with Gasteiger partial charge in [-0.3, -0.25) is 9.59 Å². The van der Waals surface area contributed by atoms with Crippen molar-refractivity contribution in [3.8, 4) is 0 Å². The van der Waals surface area contributed by atoms with Crippen LogP contribution < -0.4 is 5.32 Å². The molecule has 4 rings (SSSR count). The molecule has 2 amide bonds. The number of carbonyl (C=O) groups is 2. The number of ether oxygens (including phenoxy) is 1. The van der Waals surface area contributed by atoms with Gasteiger partial charge in [0.25, 0.3) is 0 Å². The minimum Gasteiger partial charge on any atom is -0.381 e. The zero-order valence-corrected chi connectivity index (χ0v) is 16.9. The van der Waals surface area contributed by atoms with Gasteiger partial charge >= 0.3 is 0 Å². The molecular weight excluding hydrogens is 360 g/mol. The summed E-state index contributed by atoms with van der Waals surface area (Å²) in [6.45, 7) is 8.24. The van der Waals surface area contributed by atoms with Crippen LogP contribution in [0.15, 0.2) is 4.52 Å². The minimum absolute atomic E-state index is 0.0369. The number of rotatable bonds is 4. The van der Waals surface area contributed by atoms with Gasteiger partial charge in [0.05, 0.1) is 5.41 Å². The maximum atomic E-state index is 12.7. The van der Waals surface area contributed by atoms with Crippen LogP contribution in [0.3, 0.4) is 0 Å². The minimum atomic E-state index is -0.362. The third-order valence-electron chi connectivity index (χ3n) is 6.57. The highest BCUT2D eigenvalue weighted by molar-refractivity contribution is 5.79. The number of likely N-dealkylation sites (tertiary alicyclic amines) is 1. The number of aryl methyl sites for hydroxylation is 1. The van der Waals surface area contributed by atoms with E-state index in [-0.39, 0.29) is 41.0 Å². The van der Waals surface area contributed by atoms with E-state index in [9.17, 15) is 9.59 Å². The SMILES string of the molecule is Cc1noc([C@]23C[C@H](NC(=O)C4CCOCC4)CC2CN(C(=O)C(C)C)C3)n1. The summed E-state index contributed by atoms with van der Waals surface area (Å²) >= 11 is 0. The van der Waals surface area contributed by atoms with Gasteiger partial charge < -0.3 is 19.5 Å². The van der Waals surface area contributed by atoms with Gasteiger partial charge in [0.2, 0.25) is 17.7 Å². The number of fused-ring (bicyclic) bond motifs is 1. The summed E-state index contributed by atoms with van der Waals surface area (Å²) in [4.78, 5) is 31.8. The molecule has 0 radical (unpaired) electrons. The first-order valence-electron chi connectivity index (χ1n) is 10.4. The molecule has 3 heterocycles. The Hall–Kier alpha value is -1.96. The Kier molecular flexibility index (Phi) is 5.16. The molecule has 1 aromatic heterocycles. The summed E-state index contributed by atoms with van der Waals surface area (Å²) in [7, 11) is 0. The van der Waals surface area contributed by atoms with E-state index in [0.29, 0.717) is 38.0 Å². The monoisotopic (exact) mass is 390 g/mol. The van der Waals surface area contributed by atoms with Crippen molar-refractivity contribution < 1.29 is 18.8 Å². The molecule has 3 atom stereocenters. The molecule has 1 N–H and O–H groups in total. The molecular formula is C20H30N4O4. The van der Waals surface area contributed by atoms with E-state index in [2.05, 4.69) is 15.5 Å². The van der Waals surface area contributed by atoms with Crippen LogP contribution in [0.5, 0.6) is 0 Å². The molecule has 28 heavy (non-hydrogen) atoms. The van der Waals surface area contributed by atoms with Crippen molar-refractivity contribution in [2.45, 2.75) is 57.9 Å². The van der Waals surface area contributed by atoms with Crippen LogP contribution >= 0.6 is 0 Å². The molecule has 1 aliphatic carbocycles. The normalized spacial score (nSPS) is 30.6. The van der Waals surface area contributed by atoms with Gasteiger partial charge in [-0.2, -0.15) is 4.98 Å². The highest BCUT2D eigenvalue weighted by Gasteiger charge is 2.58. The van der Waals surface area contributed by atoms with E-state index in [1.807, 2.05) is 25.7 Å². The molecule has 0 bridgehead atoms. The van der Waals surface area contributed by atoms with Gasteiger partial charge in [-0.05, 0) is 38.5 Å². The third kappa shape index (κ3) is 3.43. The van der Waals surface area contributed by atoms with Crippen LogP contribution in [0.1, 0.15) is 51.2 Å². The lowest BCUT2D eigenvalue weighted by Gasteiger charge is -2.27. The quantitative estimate of drug-likeness (QED) is 0.835. The molecule has 8 nitrogen and oxygen atoms in total. The lowest BCUT2D eigenvalue weighted by Crippen LogP contribution is -2.42. The van der Waals surface area contributed by atoms with Crippen molar-refractivity contribution >= 4 is 11.8 Å². The lowest BCUT2D eigenvalue weighted by molar-refractivity contribution is -0.134. The smallest absolute Gasteiger partial charge is 0.235 e. The summed E-state index contributed by atoms with van der Waals surface area (Å²) in [5.74, 6) is 1.71. The third-order valence-corrected chi connectivity index (χ3v) is 6.57. The Labute approximate surface area is 165 Å². The van der Waals surface area contributed by atoms with Gasteiger partial charge in [0, 0.05) is 44.2 Å². The highest BCUT2D eigenvalue weighted by Crippen LogP contribution is 2.50. The Morgan fingerprint density at radius 3 is 2.68 bits per heavy atom. The number of hydrogen-bond donors (Lipinski definition) is 1. The first-order valence-corrected chi connectivity index (χ1v) is 10.4. The average Bonchev–Trinajstić information content (AvgIpc) is 3.34. The maximum absolute atomic E-state index is 12.7. The molecule has 0 aromatic carbocycles. The maximum Gasteiger partial charge on any atom is 0.235 e. The standard InChI is InChI=1S/C20H30N4O4/c1-12(2)18(26)24-10-15-8-16(22-17(25)14-4-6-27-7-5-14)9-20(15,11-24)19-21-13(3)23-28-19/h12,14-16H,4-11H2,1-3H3,(H,22,25)/t15?,16-,20+/m1/s1.